The Hall–Kier alpha value is -1.39. The van der Waals surface area contributed by atoms with Crippen LogP contribution < -0.4 is 0 Å². The SMILES string of the molecule is CCCCCCCCCc1cc(S(=O)(=O)O)cc2ccccc12. The van der Waals surface area contributed by atoms with E-state index in [0.717, 1.165) is 35.6 Å². The Morgan fingerprint density at radius 1 is 0.913 bits per heavy atom. The van der Waals surface area contributed by atoms with E-state index in [1.54, 1.807) is 12.1 Å². The van der Waals surface area contributed by atoms with Gasteiger partial charge < -0.3 is 0 Å². The van der Waals surface area contributed by atoms with Crippen molar-refractivity contribution in [2.75, 3.05) is 0 Å². The maximum Gasteiger partial charge on any atom is 0.294 e. The molecule has 4 heteroatoms. The molecule has 0 amide bonds. The van der Waals surface area contributed by atoms with E-state index < -0.39 is 10.1 Å². The molecule has 0 aliphatic carbocycles. The molecule has 0 saturated heterocycles. The van der Waals surface area contributed by atoms with Crippen LogP contribution in [0.15, 0.2) is 41.3 Å². The molecule has 0 saturated carbocycles. The van der Waals surface area contributed by atoms with E-state index in [-0.39, 0.29) is 4.90 Å². The highest BCUT2D eigenvalue weighted by Crippen LogP contribution is 2.25. The van der Waals surface area contributed by atoms with E-state index in [1.807, 2.05) is 24.3 Å². The third kappa shape index (κ3) is 5.33. The smallest absolute Gasteiger partial charge is 0.282 e. The quantitative estimate of drug-likeness (QED) is 0.495. The van der Waals surface area contributed by atoms with Gasteiger partial charge >= 0.3 is 0 Å². The van der Waals surface area contributed by atoms with Crippen molar-refractivity contribution in [3.8, 4) is 0 Å². The summed E-state index contributed by atoms with van der Waals surface area (Å²) in [5, 5.41) is 1.94. The molecular weight excluding hydrogens is 308 g/mol. The molecule has 0 atom stereocenters. The van der Waals surface area contributed by atoms with Crippen molar-refractivity contribution in [2.24, 2.45) is 0 Å². The van der Waals surface area contributed by atoms with Crippen LogP contribution in [0, 0.1) is 0 Å². The molecule has 0 aliphatic heterocycles. The fourth-order valence-corrected chi connectivity index (χ4v) is 3.56. The minimum absolute atomic E-state index is 0.00542. The molecule has 0 fully saturated rings. The normalized spacial score (nSPS) is 11.9. The third-order valence-electron chi connectivity index (χ3n) is 4.27. The second-order valence-corrected chi connectivity index (χ2v) is 7.57. The van der Waals surface area contributed by atoms with E-state index in [1.165, 1.54) is 32.1 Å². The molecule has 23 heavy (non-hydrogen) atoms. The minimum Gasteiger partial charge on any atom is -0.282 e. The van der Waals surface area contributed by atoms with Crippen molar-refractivity contribution in [2.45, 2.75) is 63.2 Å². The zero-order valence-corrected chi connectivity index (χ0v) is 14.6. The summed E-state index contributed by atoms with van der Waals surface area (Å²) in [7, 11) is -4.16. The van der Waals surface area contributed by atoms with E-state index >= 15 is 0 Å². The van der Waals surface area contributed by atoms with E-state index in [4.69, 9.17) is 0 Å². The predicted molar refractivity (Wildman–Crippen MR) is 95.5 cm³/mol. The number of hydrogen-bond donors (Lipinski definition) is 1. The van der Waals surface area contributed by atoms with Crippen LogP contribution in [-0.2, 0) is 16.5 Å². The Bertz CT molecular complexity index is 735. The van der Waals surface area contributed by atoms with Crippen molar-refractivity contribution in [3.05, 3.63) is 42.0 Å². The lowest BCUT2D eigenvalue weighted by atomic mass is 9.99. The van der Waals surface area contributed by atoms with Gasteiger partial charge in [-0.3, -0.25) is 4.55 Å². The number of unbranched alkanes of at least 4 members (excludes halogenated alkanes) is 6. The molecule has 0 aliphatic rings. The summed E-state index contributed by atoms with van der Waals surface area (Å²) in [6, 6.07) is 10.9. The number of benzene rings is 2. The zero-order valence-electron chi connectivity index (χ0n) is 13.8. The molecular formula is C19H26O3S. The molecule has 0 heterocycles. The van der Waals surface area contributed by atoms with Crippen LogP contribution in [0.4, 0.5) is 0 Å². The number of rotatable bonds is 9. The number of hydrogen-bond acceptors (Lipinski definition) is 2. The fraction of sp³-hybridized carbons (Fsp3) is 0.474. The second-order valence-electron chi connectivity index (χ2n) is 6.15. The highest BCUT2D eigenvalue weighted by atomic mass is 32.2. The average molecular weight is 334 g/mol. The highest BCUT2D eigenvalue weighted by molar-refractivity contribution is 7.85. The van der Waals surface area contributed by atoms with Gasteiger partial charge in [-0.1, -0.05) is 69.7 Å². The van der Waals surface area contributed by atoms with Crippen LogP contribution in [0.25, 0.3) is 10.8 Å². The zero-order chi connectivity index (χ0) is 16.7. The lowest BCUT2D eigenvalue weighted by Crippen LogP contribution is -2.00. The van der Waals surface area contributed by atoms with Gasteiger partial charge in [0.25, 0.3) is 10.1 Å². The van der Waals surface area contributed by atoms with Crippen LogP contribution in [0.1, 0.15) is 57.4 Å². The van der Waals surface area contributed by atoms with Gasteiger partial charge in [0.15, 0.2) is 0 Å². The van der Waals surface area contributed by atoms with Crippen LogP contribution in [0.5, 0.6) is 0 Å². The summed E-state index contributed by atoms with van der Waals surface area (Å²) in [5.74, 6) is 0. The van der Waals surface area contributed by atoms with Gasteiger partial charge in [-0.15, -0.1) is 0 Å². The van der Waals surface area contributed by atoms with Gasteiger partial charge in [0, 0.05) is 0 Å². The lowest BCUT2D eigenvalue weighted by molar-refractivity contribution is 0.483. The van der Waals surface area contributed by atoms with E-state index in [0.29, 0.717) is 0 Å². The second kappa shape index (κ2) is 8.46. The van der Waals surface area contributed by atoms with Crippen LogP contribution in [-0.4, -0.2) is 13.0 Å². The summed E-state index contributed by atoms with van der Waals surface area (Å²) in [5.41, 5.74) is 1.00. The topological polar surface area (TPSA) is 54.4 Å². The highest BCUT2D eigenvalue weighted by Gasteiger charge is 2.13. The molecule has 3 nitrogen and oxygen atoms in total. The van der Waals surface area contributed by atoms with Crippen molar-refractivity contribution in [1.29, 1.82) is 0 Å². The molecule has 2 rings (SSSR count). The largest absolute Gasteiger partial charge is 0.294 e. The first-order valence-electron chi connectivity index (χ1n) is 8.51. The molecule has 0 radical (unpaired) electrons. The first-order valence-corrected chi connectivity index (χ1v) is 9.95. The number of aryl methyl sites for hydroxylation is 1. The monoisotopic (exact) mass is 334 g/mol. The maximum atomic E-state index is 11.5. The molecule has 2 aromatic rings. The van der Waals surface area contributed by atoms with Crippen LogP contribution in [0.2, 0.25) is 0 Å². The lowest BCUT2D eigenvalue weighted by Gasteiger charge is -2.09. The molecule has 0 bridgehead atoms. The van der Waals surface area contributed by atoms with Gasteiger partial charge in [-0.2, -0.15) is 8.42 Å². The standard InChI is InChI=1S/C19H26O3S/c1-2-3-4-5-6-7-8-11-16-14-18(23(20,21)22)15-17-12-9-10-13-19(16)17/h9-10,12-15H,2-8,11H2,1H3,(H,20,21,22). The minimum atomic E-state index is -4.16. The summed E-state index contributed by atoms with van der Waals surface area (Å²) < 4.78 is 32.3. The Morgan fingerprint density at radius 3 is 2.26 bits per heavy atom. The number of fused-ring (bicyclic) bond motifs is 1. The fourth-order valence-electron chi connectivity index (χ4n) is 2.99. The van der Waals surface area contributed by atoms with Gasteiger partial charge in [0.05, 0.1) is 4.90 Å². The molecule has 126 valence electrons. The molecule has 1 N–H and O–H groups in total. The molecule has 2 aromatic carbocycles. The maximum absolute atomic E-state index is 11.5. The van der Waals surface area contributed by atoms with E-state index in [9.17, 15) is 13.0 Å². The van der Waals surface area contributed by atoms with Gasteiger partial charge in [-0.25, -0.2) is 0 Å². The Morgan fingerprint density at radius 2 is 1.57 bits per heavy atom. The summed E-state index contributed by atoms with van der Waals surface area (Å²) >= 11 is 0. The Balaban J connectivity index is 2.07. The van der Waals surface area contributed by atoms with Gasteiger partial charge in [0.1, 0.15) is 0 Å². The van der Waals surface area contributed by atoms with Crippen LogP contribution in [0.3, 0.4) is 0 Å². The summed E-state index contributed by atoms with van der Waals surface area (Å²) in [6.45, 7) is 2.22. The van der Waals surface area contributed by atoms with Crippen molar-refractivity contribution in [1.82, 2.24) is 0 Å². The third-order valence-corrected chi connectivity index (χ3v) is 5.10. The summed E-state index contributed by atoms with van der Waals surface area (Å²) in [4.78, 5) is -0.00542. The molecule has 0 unspecified atom stereocenters. The van der Waals surface area contributed by atoms with Gasteiger partial charge in [-0.05, 0) is 41.3 Å². The molecule has 0 aromatic heterocycles. The van der Waals surface area contributed by atoms with Crippen molar-refractivity contribution in [3.63, 3.8) is 0 Å². The predicted octanol–water partition coefficient (Wildman–Crippen LogP) is 5.38. The summed E-state index contributed by atoms with van der Waals surface area (Å²) in [6.07, 6.45) is 9.43. The van der Waals surface area contributed by atoms with Crippen molar-refractivity contribution >= 4 is 20.9 Å². The first-order chi connectivity index (χ1) is 11.0. The van der Waals surface area contributed by atoms with E-state index in [2.05, 4.69) is 6.92 Å². The Kier molecular flexibility index (Phi) is 6.60. The van der Waals surface area contributed by atoms with Crippen LogP contribution >= 0.6 is 0 Å². The van der Waals surface area contributed by atoms with Gasteiger partial charge in [0.2, 0.25) is 0 Å². The molecule has 0 spiro atoms. The van der Waals surface area contributed by atoms with Crippen molar-refractivity contribution < 1.29 is 13.0 Å². The average Bonchev–Trinajstić information content (AvgIpc) is 2.53. The first kappa shape index (κ1) is 18.0. The Labute approximate surface area is 139 Å².